The van der Waals surface area contributed by atoms with Crippen molar-refractivity contribution in [2.75, 3.05) is 6.61 Å². The zero-order valence-electron chi connectivity index (χ0n) is 39.0. The Morgan fingerprint density at radius 3 is 2.05 bits per heavy atom. The van der Waals surface area contributed by atoms with Gasteiger partial charge < -0.3 is 28.0 Å². The highest BCUT2D eigenvalue weighted by atomic mass is 28.4. The van der Waals surface area contributed by atoms with Crippen LogP contribution in [0.1, 0.15) is 116 Å². The maximum Gasteiger partial charge on any atom is 0.265 e. The molecule has 4 aromatic rings. The van der Waals surface area contributed by atoms with Crippen LogP contribution in [0.4, 0.5) is 4.39 Å². The van der Waals surface area contributed by atoms with Crippen LogP contribution < -0.4 is 9.47 Å². The van der Waals surface area contributed by atoms with E-state index in [0.717, 1.165) is 11.1 Å². The van der Waals surface area contributed by atoms with Crippen molar-refractivity contribution < 1.29 is 41.9 Å². The van der Waals surface area contributed by atoms with Crippen molar-refractivity contribution in [3.05, 3.63) is 129 Å². The molecule has 0 radical (unpaired) electrons. The van der Waals surface area contributed by atoms with Gasteiger partial charge in [0.05, 0.1) is 12.2 Å². The minimum atomic E-state index is -2.94. The molecule has 12 heteroatoms. The number of allylic oxidation sites excluding steroid dienone is 1. The Bertz CT molecular complexity index is 2430. The number of aliphatic hydroxyl groups is 1. The Labute approximate surface area is 374 Å². The summed E-state index contributed by atoms with van der Waals surface area (Å²) in [4.78, 5) is 31.2. The molecule has 0 saturated carbocycles. The smallest absolute Gasteiger partial charge is 0.265 e. The van der Waals surface area contributed by atoms with Crippen LogP contribution in [0.25, 0.3) is 6.08 Å². The van der Waals surface area contributed by atoms with Gasteiger partial charge in [0, 0.05) is 28.5 Å². The third-order valence-corrected chi connectivity index (χ3v) is 23.3. The number of fused-ring (bicyclic) bond motifs is 4. The van der Waals surface area contributed by atoms with Gasteiger partial charge in [-0.3, -0.25) is 9.59 Å². The summed E-state index contributed by atoms with van der Waals surface area (Å²) in [6, 6.07) is 20.5. The van der Waals surface area contributed by atoms with E-state index in [4.69, 9.17) is 22.8 Å². The number of aromatic nitrogens is 1. The molecule has 2 unspecified atom stereocenters. The molecule has 7 rings (SSSR count). The predicted octanol–water partition coefficient (Wildman–Crippen LogP) is 12.6. The number of hydrogen-bond donors (Lipinski definition) is 1. The molecule has 3 aliphatic rings. The van der Waals surface area contributed by atoms with Crippen molar-refractivity contribution in [1.82, 2.24) is 5.16 Å². The Hall–Kier alpha value is -4.63. The number of nitrogens with zero attached hydrogens (tertiary/aromatic N) is 1. The number of halogens is 1. The molecular formula is C51H64FNO8Si2. The first-order valence-electron chi connectivity index (χ1n) is 22.2. The molecule has 1 heterocycles. The average Bonchev–Trinajstić information content (AvgIpc) is 3.63. The lowest BCUT2D eigenvalue weighted by Gasteiger charge is -2.55. The molecule has 3 aromatic carbocycles. The first-order valence-corrected chi connectivity index (χ1v) is 28.0. The molecule has 1 N–H and O–H groups in total. The van der Waals surface area contributed by atoms with Crippen LogP contribution >= 0.6 is 0 Å². The van der Waals surface area contributed by atoms with E-state index in [-0.39, 0.29) is 70.9 Å². The van der Waals surface area contributed by atoms with Crippen LogP contribution in [-0.2, 0) is 28.5 Å². The topological polar surface area (TPSA) is 117 Å². The van der Waals surface area contributed by atoms with Crippen LogP contribution in [0.15, 0.2) is 88.7 Å². The zero-order valence-corrected chi connectivity index (χ0v) is 41.0. The van der Waals surface area contributed by atoms with Crippen molar-refractivity contribution in [1.29, 1.82) is 0 Å². The van der Waals surface area contributed by atoms with Crippen LogP contribution in [0.3, 0.4) is 0 Å². The molecule has 0 bridgehead atoms. The molecule has 63 heavy (non-hydrogen) atoms. The molecule has 0 amide bonds. The zero-order chi connectivity index (χ0) is 45.9. The molecule has 1 aromatic heterocycles. The highest BCUT2D eigenvalue weighted by Gasteiger charge is 2.67. The van der Waals surface area contributed by atoms with Crippen molar-refractivity contribution >= 4 is 34.3 Å². The van der Waals surface area contributed by atoms with Gasteiger partial charge in [0.25, 0.3) is 5.88 Å². The Balaban J connectivity index is 1.40. The second kappa shape index (κ2) is 17.1. The quantitative estimate of drug-likeness (QED) is 0.131. The first-order chi connectivity index (χ1) is 29.5. The van der Waals surface area contributed by atoms with E-state index in [1.165, 1.54) is 6.07 Å². The Morgan fingerprint density at radius 1 is 0.889 bits per heavy atom. The maximum atomic E-state index is 16.7. The number of ketones is 2. The number of ether oxygens (including phenoxy) is 2. The largest absolute Gasteiger partial charge is 0.508 e. The van der Waals surface area contributed by atoms with Crippen LogP contribution in [0.5, 0.6) is 11.6 Å². The number of carbonyl (C=O) groups excluding carboxylic acids is 2. The number of rotatable bonds is 13. The van der Waals surface area contributed by atoms with E-state index in [1.54, 1.807) is 6.08 Å². The monoisotopic (exact) mass is 893 g/mol. The van der Waals surface area contributed by atoms with Crippen molar-refractivity contribution in [3.8, 4) is 11.6 Å². The number of aliphatic hydroxyl groups excluding tert-OH is 1. The fourth-order valence-corrected chi connectivity index (χ4v) is 11.3. The second-order valence-electron chi connectivity index (χ2n) is 20.9. The maximum absolute atomic E-state index is 16.7. The standard InChI is InChI=1S/C51H64FNO8Si2/c1-31(2)39-37-27-35-26-36-38(52)28-34(24-19-25-59-62(9,10)49(3,4)5)44(57-29-32-20-15-13-16-21-32)41(36)43(54)40(35)46(55)51(37,61-63(11,12)50(6,7)8)47(56)42-45(39)60-53-48(42)58-30-33-22-17-14-18-23-33/h13-24,28,31,35,37,39,55H,25-27,29-30H2,1-12H3/b24-19+/t35-,37-,39?,51?/m0/s1. The summed E-state index contributed by atoms with van der Waals surface area (Å²) in [6.45, 7) is 25.7. The molecule has 0 fully saturated rings. The first kappa shape index (κ1) is 46.4. The van der Waals surface area contributed by atoms with Gasteiger partial charge in [-0.25, -0.2) is 4.39 Å². The normalized spacial score (nSPS) is 21.7. The minimum absolute atomic E-state index is 0.00653. The van der Waals surface area contributed by atoms with E-state index in [0.29, 0.717) is 17.9 Å². The van der Waals surface area contributed by atoms with Gasteiger partial charge in [-0.1, -0.05) is 128 Å². The summed E-state index contributed by atoms with van der Waals surface area (Å²) >= 11 is 0. The second-order valence-corrected chi connectivity index (χ2v) is 30.4. The lowest BCUT2D eigenvalue weighted by atomic mass is 9.55. The van der Waals surface area contributed by atoms with Gasteiger partial charge in [-0.05, 0) is 83.3 Å². The van der Waals surface area contributed by atoms with Gasteiger partial charge in [0.15, 0.2) is 33.8 Å². The van der Waals surface area contributed by atoms with Gasteiger partial charge in [-0.2, -0.15) is 0 Å². The molecule has 0 aliphatic heterocycles. The molecule has 3 aliphatic carbocycles. The summed E-state index contributed by atoms with van der Waals surface area (Å²) in [5.41, 5.74) is 0.535. The van der Waals surface area contributed by atoms with Crippen molar-refractivity contribution in [3.63, 3.8) is 0 Å². The Kier molecular flexibility index (Phi) is 12.6. The molecule has 9 nitrogen and oxygen atoms in total. The molecule has 4 atom stereocenters. The summed E-state index contributed by atoms with van der Waals surface area (Å²) in [5, 5.41) is 17.1. The highest BCUT2D eigenvalue weighted by Crippen LogP contribution is 2.61. The van der Waals surface area contributed by atoms with E-state index in [2.05, 4.69) is 59.8 Å². The predicted molar refractivity (Wildman–Crippen MR) is 249 cm³/mol. The number of hydrogen-bond acceptors (Lipinski definition) is 9. The highest BCUT2D eigenvalue weighted by molar-refractivity contribution is 6.74. The van der Waals surface area contributed by atoms with Crippen molar-refractivity contribution in [2.45, 2.75) is 129 Å². The van der Waals surface area contributed by atoms with Gasteiger partial charge in [0.2, 0.25) is 5.78 Å². The molecular weight excluding hydrogens is 830 g/mol. The minimum Gasteiger partial charge on any atom is -0.508 e. The summed E-state index contributed by atoms with van der Waals surface area (Å²) in [5.74, 6) is -3.43. The third kappa shape index (κ3) is 8.44. The Morgan fingerprint density at radius 2 is 1.48 bits per heavy atom. The SMILES string of the molecule is CC(C)C1c2onc(OCc3ccccc3)c2C(=O)C2(O[Si](C)(C)C(C)(C)C)C(O)=C3C(=O)c4c(c(F)cc(/C=C/CO[Si](C)(C)C(C)(C)C)c4OCc4ccccc4)C[C@H]3C[C@@H]12. The molecule has 336 valence electrons. The van der Waals surface area contributed by atoms with Crippen LogP contribution in [-0.4, -0.2) is 50.7 Å². The number of Topliss-reactive ketones (excluding diaryl/α,β-unsaturated/α-hetero) is 2. The van der Waals surface area contributed by atoms with E-state index in [9.17, 15) is 5.11 Å². The van der Waals surface area contributed by atoms with E-state index < -0.39 is 68.2 Å². The summed E-state index contributed by atoms with van der Waals surface area (Å²) in [7, 11) is -5.04. The van der Waals surface area contributed by atoms with Gasteiger partial charge in [0.1, 0.15) is 36.1 Å². The lowest BCUT2D eigenvalue weighted by Crippen LogP contribution is -2.64. The lowest BCUT2D eigenvalue weighted by molar-refractivity contribution is -0.0336. The summed E-state index contributed by atoms with van der Waals surface area (Å²) < 4.78 is 49.3. The number of benzene rings is 3. The van der Waals surface area contributed by atoms with Crippen LogP contribution in [0, 0.1) is 23.6 Å². The molecule has 0 saturated heterocycles. The average molecular weight is 894 g/mol. The summed E-state index contributed by atoms with van der Waals surface area (Å²) in [6.07, 6.45) is 3.93. The molecule has 0 spiro atoms. The number of carbonyl (C=O) groups is 2. The van der Waals surface area contributed by atoms with Gasteiger partial charge >= 0.3 is 0 Å². The van der Waals surface area contributed by atoms with Crippen LogP contribution in [0.2, 0.25) is 36.3 Å². The van der Waals surface area contributed by atoms with E-state index in [1.807, 2.05) is 93.7 Å². The van der Waals surface area contributed by atoms with E-state index >= 15 is 14.0 Å². The fraction of sp³-hybridized carbons (Fsp3) is 0.471. The third-order valence-electron chi connectivity index (χ3n) is 14.4. The fourth-order valence-electron chi connectivity index (χ4n) is 8.89. The van der Waals surface area contributed by atoms with Crippen molar-refractivity contribution in [2.24, 2.45) is 17.8 Å². The van der Waals surface area contributed by atoms with Gasteiger partial charge in [-0.15, -0.1) is 0 Å².